The second kappa shape index (κ2) is 9.67. The van der Waals surface area contributed by atoms with Gasteiger partial charge < -0.3 is 19.8 Å². The van der Waals surface area contributed by atoms with E-state index >= 15 is 0 Å². The lowest BCUT2D eigenvalue weighted by Crippen LogP contribution is -2.41. The monoisotopic (exact) mass is 442 g/mol. The van der Waals surface area contributed by atoms with Crippen LogP contribution < -0.4 is 4.74 Å². The van der Waals surface area contributed by atoms with Crippen molar-refractivity contribution in [2.24, 2.45) is 0 Å². The molecule has 162 valence electrons. The molecule has 2 N–H and O–H groups in total. The second-order valence-electron chi connectivity index (χ2n) is 6.92. The molecule has 0 aromatic heterocycles. The predicted molar refractivity (Wildman–Crippen MR) is 116 cm³/mol. The Morgan fingerprint density at radius 2 is 1.81 bits per heavy atom. The summed E-state index contributed by atoms with van der Waals surface area (Å²) in [7, 11) is 3.04. The van der Waals surface area contributed by atoms with E-state index in [1.807, 2.05) is 0 Å². The molecule has 31 heavy (non-hydrogen) atoms. The van der Waals surface area contributed by atoms with Gasteiger partial charge in [0.25, 0.3) is 11.1 Å². The molecule has 0 aliphatic carbocycles. The number of methoxy groups -OCH3 is 1. The molecule has 0 saturated carbocycles. The van der Waals surface area contributed by atoms with Crippen LogP contribution in [-0.2, 0) is 9.59 Å². The highest BCUT2D eigenvalue weighted by Gasteiger charge is 2.37. The first-order valence-corrected chi connectivity index (χ1v) is 10.2. The number of hydrogen-bond acceptors (Lipinski definition) is 7. The summed E-state index contributed by atoms with van der Waals surface area (Å²) in [5.74, 6) is -0.270. The van der Waals surface area contributed by atoms with Crippen molar-refractivity contribution in [2.45, 2.75) is 6.10 Å². The van der Waals surface area contributed by atoms with Crippen LogP contribution in [-0.4, -0.2) is 64.3 Å². The van der Waals surface area contributed by atoms with E-state index in [-0.39, 0.29) is 17.2 Å². The maximum Gasteiger partial charge on any atom is 0.294 e. The molecule has 9 heteroatoms. The van der Waals surface area contributed by atoms with Crippen molar-refractivity contribution in [3.8, 4) is 11.5 Å². The van der Waals surface area contributed by atoms with Gasteiger partial charge >= 0.3 is 0 Å². The number of likely N-dealkylation sites (N-methyl/N-ethyl adjacent to an activating group) is 1. The molecule has 3 rings (SSSR count). The number of phenolic OH excluding ortho intramolecular Hbond substituents is 1. The van der Waals surface area contributed by atoms with E-state index in [0.29, 0.717) is 11.3 Å². The number of ether oxygens (including phenoxy) is 1. The predicted octanol–water partition coefficient (Wildman–Crippen LogP) is 2.63. The third-order valence-electron chi connectivity index (χ3n) is 4.73. The Morgan fingerprint density at radius 3 is 2.42 bits per heavy atom. The first kappa shape index (κ1) is 22.4. The molecule has 2 aromatic carbocycles. The molecule has 1 heterocycles. The van der Waals surface area contributed by atoms with E-state index in [2.05, 4.69) is 0 Å². The average Bonchev–Trinajstić information content (AvgIpc) is 3.01. The summed E-state index contributed by atoms with van der Waals surface area (Å²) in [4.78, 5) is 39.8. The van der Waals surface area contributed by atoms with E-state index in [4.69, 9.17) is 4.74 Å². The summed E-state index contributed by atoms with van der Waals surface area (Å²) in [5.41, 5.74) is 1.26. The molecule has 8 nitrogen and oxygen atoms in total. The van der Waals surface area contributed by atoms with Crippen LogP contribution in [0, 0.1) is 0 Å². The van der Waals surface area contributed by atoms with Crippen molar-refractivity contribution in [3.63, 3.8) is 0 Å². The van der Waals surface area contributed by atoms with E-state index < -0.39 is 29.7 Å². The summed E-state index contributed by atoms with van der Waals surface area (Å²) in [6, 6.07) is 13.0. The number of hydrogen-bond donors (Lipinski definition) is 2. The fraction of sp³-hybridized carbons (Fsp3) is 0.227. The highest BCUT2D eigenvalue weighted by Crippen LogP contribution is 2.32. The van der Waals surface area contributed by atoms with E-state index in [1.54, 1.807) is 49.6 Å². The van der Waals surface area contributed by atoms with Gasteiger partial charge in [0.1, 0.15) is 18.0 Å². The molecule has 1 saturated heterocycles. The van der Waals surface area contributed by atoms with Crippen molar-refractivity contribution in [1.82, 2.24) is 9.80 Å². The standard InChI is InChI=1S/C22H22N2O6S/c1-23(12-18(26)15-5-7-16(25)8-6-15)20(27)13-24-21(28)19(31-22(24)29)11-14-3-9-17(30-2)10-4-14/h3-11,18,25-26H,12-13H2,1-2H3/b19-11-/t18-/m1/s1. The number of benzene rings is 2. The van der Waals surface area contributed by atoms with Gasteiger partial charge in [0.2, 0.25) is 5.91 Å². The van der Waals surface area contributed by atoms with Gasteiger partial charge in [-0.15, -0.1) is 0 Å². The zero-order chi connectivity index (χ0) is 22.5. The molecule has 2 aromatic rings. The largest absolute Gasteiger partial charge is 0.508 e. The molecule has 3 amide bonds. The molecule has 1 aliphatic rings. The van der Waals surface area contributed by atoms with Gasteiger partial charge in [-0.05, 0) is 53.2 Å². The quantitative estimate of drug-likeness (QED) is 0.635. The molecule has 1 fully saturated rings. The lowest BCUT2D eigenvalue weighted by Gasteiger charge is -2.23. The molecule has 0 spiro atoms. The van der Waals surface area contributed by atoms with E-state index in [1.165, 1.54) is 24.1 Å². The fourth-order valence-corrected chi connectivity index (χ4v) is 3.75. The van der Waals surface area contributed by atoms with Gasteiger partial charge in [-0.1, -0.05) is 24.3 Å². The average molecular weight is 442 g/mol. The minimum atomic E-state index is -0.973. The van der Waals surface area contributed by atoms with Crippen LogP contribution in [0.4, 0.5) is 4.79 Å². The first-order chi connectivity index (χ1) is 14.8. The molecule has 1 aliphatic heterocycles. The third-order valence-corrected chi connectivity index (χ3v) is 5.64. The van der Waals surface area contributed by atoms with Crippen molar-refractivity contribution >= 4 is 34.9 Å². The highest BCUT2D eigenvalue weighted by atomic mass is 32.2. The molecular formula is C22H22N2O6S. The normalized spacial score (nSPS) is 16.0. The molecule has 0 radical (unpaired) electrons. The second-order valence-corrected chi connectivity index (χ2v) is 7.92. The van der Waals surface area contributed by atoms with Gasteiger partial charge in [-0.25, -0.2) is 0 Å². The maximum atomic E-state index is 12.6. The smallest absolute Gasteiger partial charge is 0.294 e. The minimum Gasteiger partial charge on any atom is -0.508 e. The summed E-state index contributed by atoms with van der Waals surface area (Å²) < 4.78 is 5.10. The third kappa shape index (κ3) is 5.44. The van der Waals surface area contributed by atoms with Crippen molar-refractivity contribution in [3.05, 3.63) is 64.6 Å². The number of carbonyl (C=O) groups is 3. The number of carbonyl (C=O) groups excluding carboxylic acids is 3. The Kier molecular flexibility index (Phi) is 6.98. The number of amides is 3. The van der Waals surface area contributed by atoms with Gasteiger partial charge in [-0.2, -0.15) is 0 Å². The lowest BCUT2D eigenvalue weighted by atomic mass is 10.1. The van der Waals surface area contributed by atoms with Crippen LogP contribution in [0.15, 0.2) is 53.4 Å². The number of rotatable bonds is 7. The van der Waals surface area contributed by atoms with Gasteiger partial charge in [-0.3, -0.25) is 19.3 Å². The van der Waals surface area contributed by atoms with Gasteiger partial charge in [0, 0.05) is 7.05 Å². The Hall–Kier alpha value is -3.30. The Balaban J connectivity index is 1.62. The molecule has 0 unspecified atom stereocenters. The Labute approximate surface area is 183 Å². The van der Waals surface area contributed by atoms with Gasteiger partial charge in [0.15, 0.2) is 0 Å². The number of aliphatic hydroxyl groups is 1. The molecule has 0 bridgehead atoms. The summed E-state index contributed by atoms with van der Waals surface area (Å²) >= 11 is 0.776. The number of thioether (sulfide) groups is 1. The number of aromatic hydroxyl groups is 1. The number of phenols is 1. The number of nitrogens with zero attached hydrogens (tertiary/aromatic N) is 2. The van der Waals surface area contributed by atoms with Crippen LogP contribution in [0.5, 0.6) is 11.5 Å². The topological polar surface area (TPSA) is 107 Å². The van der Waals surface area contributed by atoms with E-state index in [0.717, 1.165) is 22.2 Å². The molecule has 1 atom stereocenters. The van der Waals surface area contributed by atoms with E-state index in [9.17, 15) is 24.6 Å². The van der Waals surface area contributed by atoms with Crippen LogP contribution >= 0.6 is 11.8 Å². The van der Waals surface area contributed by atoms with Crippen molar-refractivity contribution in [2.75, 3.05) is 27.2 Å². The van der Waals surface area contributed by atoms with Crippen molar-refractivity contribution < 1.29 is 29.3 Å². The number of imide groups is 1. The highest BCUT2D eigenvalue weighted by molar-refractivity contribution is 8.18. The Bertz CT molecular complexity index is 1000. The Morgan fingerprint density at radius 1 is 1.16 bits per heavy atom. The summed E-state index contributed by atoms with van der Waals surface area (Å²) in [6.07, 6.45) is 0.618. The van der Waals surface area contributed by atoms with Crippen LogP contribution in [0.2, 0.25) is 0 Å². The van der Waals surface area contributed by atoms with Gasteiger partial charge in [0.05, 0.1) is 24.7 Å². The molecular weight excluding hydrogens is 420 g/mol. The van der Waals surface area contributed by atoms with Crippen LogP contribution in [0.1, 0.15) is 17.2 Å². The fourth-order valence-electron chi connectivity index (χ4n) is 2.91. The number of aliphatic hydroxyl groups excluding tert-OH is 1. The zero-order valence-corrected chi connectivity index (χ0v) is 17.8. The first-order valence-electron chi connectivity index (χ1n) is 9.39. The van der Waals surface area contributed by atoms with Crippen LogP contribution in [0.25, 0.3) is 6.08 Å². The van der Waals surface area contributed by atoms with Crippen molar-refractivity contribution in [1.29, 1.82) is 0 Å². The van der Waals surface area contributed by atoms with Crippen LogP contribution in [0.3, 0.4) is 0 Å². The SMILES string of the molecule is COc1ccc(/C=C2\SC(=O)N(CC(=O)N(C)C[C@@H](O)c3ccc(O)cc3)C2=O)cc1. The lowest BCUT2D eigenvalue weighted by molar-refractivity contribution is -0.135. The maximum absolute atomic E-state index is 12.6. The zero-order valence-electron chi connectivity index (χ0n) is 17.0. The minimum absolute atomic E-state index is 0.0263. The summed E-state index contributed by atoms with van der Waals surface area (Å²) in [5, 5.41) is 19.1. The summed E-state index contributed by atoms with van der Waals surface area (Å²) in [6.45, 7) is -0.440.